The van der Waals surface area contributed by atoms with E-state index < -0.39 is 0 Å². The number of carbonyl (C=O) groups is 1. The van der Waals surface area contributed by atoms with Crippen molar-refractivity contribution in [2.75, 3.05) is 12.4 Å². The zero-order chi connectivity index (χ0) is 16.9. The Hall–Kier alpha value is -3.21. The second-order valence-corrected chi connectivity index (χ2v) is 5.30. The molecule has 0 aliphatic heterocycles. The lowest BCUT2D eigenvalue weighted by atomic mass is 10.1. The molecule has 3 aromatic rings. The van der Waals surface area contributed by atoms with Gasteiger partial charge in [-0.2, -0.15) is 0 Å². The van der Waals surface area contributed by atoms with Gasteiger partial charge in [-0.3, -0.25) is 4.79 Å². The van der Waals surface area contributed by atoms with E-state index in [2.05, 4.69) is 15.3 Å². The number of ether oxygens (including phenoxy) is 1. The monoisotopic (exact) mass is 319 g/mol. The SMILES string of the molecule is COc1cc(C(=O)Nc2cnc(-c3ccccc3)nc2)ccc1C. The van der Waals surface area contributed by atoms with Gasteiger partial charge in [-0.25, -0.2) is 9.97 Å². The van der Waals surface area contributed by atoms with E-state index in [1.807, 2.05) is 43.3 Å². The van der Waals surface area contributed by atoms with Crippen molar-refractivity contribution in [3.63, 3.8) is 0 Å². The summed E-state index contributed by atoms with van der Waals surface area (Å²) in [5, 5.41) is 2.79. The molecule has 5 nitrogen and oxygen atoms in total. The van der Waals surface area contributed by atoms with Gasteiger partial charge in [-0.1, -0.05) is 36.4 Å². The molecule has 0 aliphatic rings. The van der Waals surface area contributed by atoms with E-state index in [9.17, 15) is 4.79 Å². The first-order valence-corrected chi connectivity index (χ1v) is 7.51. The summed E-state index contributed by atoms with van der Waals surface area (Å²) >= 11 is 0. The van der Waals surface area contributed by atoms with E-state index in [0.29, 0.717) is 22.8 Å². The maximum Gasteiger partial charge on any atom is 0.255 e. The fraction of sp³-hybridized carbons (Fsp3) is 0.105. The molecule has 1 heterocycles. The molecule has 0 unspecified atom stereocenters. The highest BCUT2D eigenvalue weighted by atomic mass is 16.5. The summed E-state index contributed by atoms with van der Waals surface area (Å²) in [6, 6.07) is 15.0. The number of nitrogens with zero attached hydrogens (tertiary/aromatic N) is 2. The standard InChI is InChI=1S/C19H17N3O2/c1-13-8-9-15(10-17(13)24-2)19(23)22-16-11-20-18(21-12-16)14-6-4-3-5-7-14/h3-12H,1-2H3,(H,22,23). The van der Waals surface area contributed by atoms with Gasteiger partial charge in [0.2, 0.25) is 0 Å². The number of benzene rings is 2. The van der Waals surface area contributed by atoms with Gasteiger partial charge in [-0.05, 0) is 24.6 Å². The number of anilines is 1. The Morgan fingerprint density at radius 2 is 1.75 bits per heavy atom. The molecule has 1 amide bonds. The molecule has 3 rings (SSSR count). The molecule has 0 saturated heterocycles. The van der Waals surface area contributed by atoms with Crippen LogP contribution in [-0.4, -0.2) is 23.0 Å². The lowest BCUT2D eigenvalue weighted by Gasteiger charge is -2.08. The maximum atomic E-state index is 12.3. The zero-order valence-corrected chi connectivity index (χ0v) is 13.5. The molecule has 0 fully saturated rings. The van der Waals surface area contributed by atoms with Gasteiger partial charge in [0.1, 0.15) is 5.75 Å². The first-order valence-electron chi connectivity index (χ1n) is 7.51. The van der Waals surface area contributed by atoms with Crippen LogP contribution in [0.1, 0.15) is 15.9 Å². The van der Waals surface area contributed by atoms with Crippen molar-refractivity contribution in [2.45, 2.75) is 6.92 Å². The third kappa shape index (κ3) is 3.41. The summed E-state index contributed by atoms with van der Waals surface area (Å²) in [7, 11) is 1.58. The Morgan fingerprint density at radius 3 is 2.42 bits per heavy atom. The number of nitrogens with one attached hydrogen (secondary N) is 1. The fourth-order valence-corrected chi connectivity index (χ4v) is 2.29. The first kappa shape index (κ1) is 15.7. The number of aryl methyl sites for hydroxylation is 1. The molecule has 1 aromatic heterocycles. The highest BCUT2D eigenvalue weighted by Crippen LogP contribution is 2.20. The molecular weight excluding hydrogens is 302 g/mol. The van der Waals surface area contributed by atoms with Crippen LogP contribution in [0.15, 0.2) is 60.9 Å². The Morgan fingerprint density at radius 1 is 1.04 bits per heavy atom. The minimum Gasteiger partial charge on any atom is -0.496 e. The second-order valence-electron chi connectivity index (χ2n) is 5.30. The van der Waals surface area contributed by atoms with E-state index in [4.69, 9.17) is 4.74 Å². The third-order valence-electron chi connectivity index (χ3n) is 3.61. The van der Waals surface area contributed by atoms with Gasteiger partial charge < -0.3 is 10.1 Å². The number of amides is 1. The van der Waals surface area contributed by atoms with E-state index in [1.54, 1.807) is 31.6 Å². The van der Waals surface area contributed by atoms with Gasteiger partial charge in [0.25, 0.3) is 5.91 Å². The van der Waals surface area contributed by atoms with Crippen LogP contribution >= 0.6 is 0 Å². The van der Waals surface area contributed by atoms with Crippen molar-refractivity contribution < 1.29 is 9.53 Å². The minimum absolute atomic E-state index is 0.232. The lowest BCUT2D eigenvalue weighted by molar-refractivity contribution is 0.102. The summed E-state index contributed by atoms with van der Waals surface area (Å²) in [6.45, 7) is 1.93. The van der Waals surface area contributed by atoms with E-state index >= 15 is 0 Å². The van der Waals surface area contributed by atoms with Crippen molar-refractivity contribution in [1.82, 2.24) is 9.97 Å². The van der Waals surface area contributed by atoms with E-state index in [0.717, 1.165) is 11.1 Å². The van der Waals surface area contributed by atoms with Crippen LogP contribution in [0.25, 0.3) is 11.4 Å². The Balaban J connectivity index is 1.75. The smallest absolute Gasteiger partial charge is 0.255 e. The molecule has 0 spiro atoms. The topological polar surface area (TPSA) is 64.1 Å². The molecule has 5 heteroatoms. The molecule has 0 bridgehead atoms. The number of methoxy groups -OCH3 is 1. The van der Waals surface area contributed by atoms with Gasteiger partial charge >= 0.3 is 0 Å². The second kappa shape index (κ2) is 6.91. The van der Waals surface area contributed by atoms with Crippen molar-refractivity contribution in [3.8, 4) is 17.1 Å². The van der Waals surface area contributed by atoms with E-state index in [-0.39, 0.29) is 5.91 Å². The molecule has 0 radical (unpaired) electrons. The Labute approximate surface area is 140 Å². The number of rotatable bonds is 4. The molecular formula is C19H17N3O2. The average Bonchev–Trinajstić information content (AvgIpc) is 2.63. The summed E-state index contributed by atoms with van der Waals surface area (Å²) in [4.78, 5) is 20.9. The van der Waals surface area contributed by atoms with Crippen LogP contribution in [0.2, 0.25) is 0 Å². The number of aromatic nitrogens is 2. The number of hydrogen-bond donors (Lipinski definition) is 1. The summed E-state index contributed by atoms with van der Waals surface area (Å²) in [5.74, 6) is 1.06. The van der Waals surface area contributed by atoms with Crippen molar-refractivity contribution >= 4 is 11.6 Å². The highest BCUT2D eigenvalue weighted by molar-refractivity contribution is 6.04. The molecule has 0 aliphatic carbocycles. The zero-order valence-electron chi connectivity index (χ0n) is 13.5. The molecule has 120 valence electrons. The predicted octanol–water partition coefficient (Wildman–Crippen LogP) is 3.71. The Kier molecular flexibility index (Phi) is 4.52. The number of hydrogen-bond acceptors (Lipinski definition) is 4. The van der Waals surface area contributed by atoms with E-state index in [1.165, 1.54) is 0 Å². The van der Waals surface area contributed by atoms with Crippen LogP contribution in [-0.2, 0) is 0 Å². The maximum absolute atomic E-state index is 12.3. The van der Waals surface area contributed by atoms with Crippen LogP contribution in [0, 0.1) is 6.92 Å². The fourth-order valence-electron chi connectivity index (χ4n) is 2.29. The van der Waals surface area contributed by atoms with Gasteiger partial charge in [0.15, 0.2) is 5.82 Å². The number of carbonyl (C=O) groups excluding carboxylic acids is 1. The predicted molar refractivity (Wildman–Crippen MR) is 93.2 cm³/mol. The van der Waals surface area contributed by atoms with Crippen LogP contribution in [0.5, 0.6) is 5.75 Å². The highest BCUT2D eigenvalue weighted by Gasteiger charge is 2.10. The minimum atomic E-state index is -0.232. The van der Waals surface area contributed by atoms with Gasteiger partial charge in [-0.15, -0.1) is 0 Å². The molecule has 24 heavy (non-hydrogen) atoms. The first-order chi connectivity index (χ1) is 11.7. The summed E-state index contributed by atoms with van der Waals surface area (Å²) < 4.78 is 5.25. The van der Waals surface area contributed by atoms with Crippen LogP contribution < -0.4 is 10.1 Å². The van der Waals surface area contributed by atoms with Crippen molar-refractivity contribution in [2.24, 2.45) is 0 Å². The quantitative estimate of drug-likeness (QED) is 0.796. The molecule has 0 saturated carbocycles. The lowest BCUT2D eigenvalue weighted by Crippen LogP contribution is -2.12. The van der Waals surface area contributed by atoms with Gasteiger partial charge in [0.05, 0.1) is 25.2 Å². The molecule has 0 atom stereocenters. The molecule has 1 N–H and O–H groups in total. The van der Waals surface area contributed by atoms with Crippen LogP contribution in [0.4, 0.5) is 5.69 Å². The Bertz CT molecular complexity index is 846. The largest absolute Gasteiger partial charge is 0.496 e. The average molecular weight is 319 g/mol. The van der Waals surface area contributed by atoms with Crippen molar-refractivity contribution in [3.05, 3.63) is 72.1 Å². The van der Waals surface area contributed by atoms with Crippen molar-refractivity contribution in [1.29, 1.82) is 0 Å². The normalized spacial score (nSPS) is 10.2. The third-order valence-corrected chi connectivity index (χ3v) is 3.61. The molecule has 2 aromatic carbocycles. The van der Waals surface area contributed by atoms with Crippen LogP contribution in [0.3, 0.4) is 0 Å². The summed E-state index contributed by atoms with van der Waals surface area (Å²) in [6.07, 6.45) is 3.19. The summed E-state index contributed by atoms with van der Waals surface area (Å²) in [5.41, 5.74) is 2.96. The van der Waals surface area contributed by atoms with Gasteiger partial charge in [0, 0.05) is 11.1 Å².